The lowest BCUT2D eigenvalue weighted by Gasteiger charge is -2.16. The van der Waals surface area contributed by atoms with E-state index in [0.717, 1.165) is 21.4 Å². The van der Waals surface area contributed by atoms with E-state index in [1.54, 1.807) is 12.1 Å². The van der Waals surface area contributed by atoms with Gasteiger partial charge in [-0.3, -0.25) is 24.3 Å². The lowest BCUT2D eigenvalue weighted by Crippen LogP contribution is -2.24. The Morgan fingerprint density at radius 1 is 0.929 bits per heavy atom. The second-order valence-electron chi connectivity index (χ2n) is 6.61. The molecule has 0 unspecified atom stereocenters. The van der Waals surface area contributed by atoms with E-state index in [1.165, 1.54) is 21.9 Å². The van der Waals surface area contributed by atoms with Gasteiger partial charge in [0, 0.05) is 15.9 Å². The third-order valence-electron chi connectivity index (χ3n) is 4.61. The molecule has 0 atom stereocenters. The molecular formula is C21H17N3O3S. The molecule has 0 radical (unpaired) electrons. The summed E-state index contributed by atoms with van der Waals surface area (Å²) in [6.45, 7) is 4.07. The van der Waals surface area contributed by atoms with E-state index in [4.69, 9.17) is 5.73 Å². The SMILES string of the molecule is Cc1ccc(Sc2ccccc2-n2c(N)c3c(cc2=O)C(=O)NC3=O)c(C)c1. The number of benzene rings is 2. The molecule has 2 aromatic carbocycles. The van der Waals surface area contributed by atoms with E-state index in [-0.39, 0.29) is 16.9 Å². The monoisotopic (exact) mass is 391 g/mol. The first kappa shape index (κ1) is 18.1. The summed E-state index contributed by atoms with van der Waals surface area (Å²) in [5.41, 5.74) is 8.62. The zero-order valence-corrected chi connectivity index (χ0v) is 16.1. The highest BCUT2D eigenvalue weighted by molar-refractivity contribution is 7.99. The number of nitrogens with two attached hydrogens (primary N) is 1. The van der Waals surface area contributed by atoms with E-state index < -0.39 is 17.4 Å². The third kappa shape index (κ3) is 2.90. The van der Waals surface area contributed by atoms with Crippen LogP contribution >= 0.6 is 11.8 Å². The first-order chi connectivity index (χ1) is 13.4. The number of para-hydroxylation sites is 1. The predicted molar refractivity (Wildman–Crippen MR) is 108 cm³/mol. The fraction of sp³-hybridized carbons (Fsp3) is 0.0952. The highest BCUT2D eigenvalue weighted by Crippen LogP contribution is 2.35. The van der Waals surface area contributed by atoms with Gasteiger partial charge in [-0.25, -0.2) is 0 Å². The van der Waals surface area contributed by atoms with Crippen molar-refractivity contribution >= 4 is 29.4 Å². The summed E-state index contributed by atoms with van der Waals surface area (Å²) in [7, 11) is 0. The number of fused-ring (bicyclic) bond motifs is 1. The molecule has 0 spiro atoms. The maximum atomic E-state index is 12.8. The van der Waals surface area contributed by atoms with Crippen molar-refractivity contribution in [2.75, 3.05) is 5.73 Å². The topological polar surface area (TPSA) is 94.2 Å². The van der Waals surface area contributed by atoms with Gasteiger partial charge in [0.15, 0.2) is 0 Å². The first-order valence-electron chi connectivity index (χ1n) is 8.62. The molecule has 0 bridgehead atoms. The van der Waals surface area contributed by atoms with Gasteiger partial charge in [-0.1, -0.05) is 41.6 Å². The van der Waals surface area contributed by atoms with Crippen LogP contribution in [-0.4, -0.2) is 16.4 Å². The van der Waals surface area contributed by atoms with E-state index >= 15 is 0 Å². The molecule has 2 heterocycles. The molecule has 4 rings (SSSR count). The van der Waals surface area contributed by atoms with Gasteiger partial charge in [0.05, 0.1) is 16.8 Å². The van der Waals surface area contributed by atoms with Crippen LogP contribution in [0.2, 0.25) is 0 Å². The summed E-state index contributed by atoms with van der Waals surface area (Å²) in [5.74, 6) is -1.24. The number of nitrogens with zero attached hydrogens (tertiary/aromatic N) is 1. The number of rotatable bonds is 3. The molecule has 1 aliphatic rings. The lowest BCUT2D eigenvalue weighted by molar-refractivity contribution is 0.0880. The highest BCUT2D eigenvalue weighted by Gasteiger charge is 2.32. The van der Waals surface area contributed by atoms with E-state index in [2.05, 4.69) is 11.4 Å². The van der Waals surface area contributed by atoms with E-state index in [9.17, 15) is 14.4 Å². The number of imide groups is 1. The Morgan fingerprint density at radius 2 is 1.68 bits per heavy atom. The summed E-state index contributed by atoms with van der Waals surface area (Å²) in [4.78, 5) is 38.6. The number of carbonyl (C=O) groups is 2. The van der Waals surface area contributed by atoms with Gasteiger partial charge in [0.2, 0.25) is 0 Å². The fourth-order valence-corrected chi connectivity index (χ4v) is 4.29. The van der Waals surface area contributed by atoms with Crippen LogP contribution < -0.4 is 16.6 Å². The standard InChI is InChI=1S/C21H17N3O3S/c1-11-7-8-15(12(2)9-11)28-16-6-4-3-5-14(16)24-17(25)10-13-18(19(24)22)21(27)23-20(13)26/h3-10H,22H2,1-2H3,(H,23,26,27). The number of nitrogens with one attached hydrogen (secondary N) is 1. The summed E-state index contributed by atoms with van der Waals surface area (Å²) >= 11 is 1.51. The van der Waals surface area contributed by atoms with Crippen LogP contribution in [0, 0.1) is 13.8 Å². The number of anilines is 1. The van der Waals surface area contributed by atoms with Crippen LogP contribution in [0.25, 0.3) is 5.69 Å². The van der Waals surface area contributed by atoms with Gasteiger partial charge >= 0.3 is 0 Å². The first-order valence-corrected chi connectivity index (χ1v) is 9.44. The molecule has 6 nitrogen and oxygen atoms in total. The number of nitrogen functional groups attached to an aromatic ring is 1. The van der Waals surface area contributed by atoms with Crippen molar-refractivity contribution in [1.82, 2.24) is 9.88 Å². The van der Waals surface area contributed by atoms with Crippen molar-refractivity contribution in [3.63, 3.8) is 0 Å². The second kappa shape index (κ2) is 6.69. The molecule has 1 aromatic heterocycles. The summed E-state index contributed by atoms with van der Waals surface area (Å²) in [6, 6.07) is 14.7. The molecular weight excluding hydrogens is 374 g/mol. The van der Waals surface area contributed by atoms with Crippen LogP contribution in [0.1, 0.15) is 31.8 Å². The Kier molecular flexibility index (Phi) is 4.31. The maximum Gasteiger partial charge on any atom is 0.262 e. The van der Waals surface area contributed by atoms with Crippen molar-refractivity contribution in [2.24, 2.45) is 0 Å². The molecule has 7 heteroatoms. The Morgan fingerprint density at radius 3 is 2.43 bits per heavy atom. The number of hydrogen-bond donors (Lipinski definition) is 2. The maximum absolute atomic E-state index is 12.8. The van der Waals surface area contributed by atoms with E-state index in [0.29, 0.717) is 5.69 Å². The van der Waals surface area contributed by atoms with Crippen molar-refractivity contribution < 1.29 is 9.59 Å². The average molecular weight is 391 g/mol. The zero-order valence-electron chi connectivity index (χ0n) is 15.3. The normalized spacial score (nSPS) is 12.8. The van der Waals surface area contributed by atoms with Gasteiger partial charge < -0.3 is 5.73 Å². The number of hydrogen-bond acceptors (Lipinski definition) is 5. The van der Waals surface area contributed by atoms with Crippen LogP contribution in [0.5, 0.6) is 0 Å². The molecule has 0 saturated heterocycles. The van der Waals surface area contributed by atoms with Crippen LogP contribution in [0.4, 0.5) is 5.82 Å². The van der Waals surface area contributed by atoms with E-state index in [1.807, 2.05) is 38.1 Å². The number of carbonyl (C=O) groups excluding carboxylic acids is 2. The molecule has 0 aliphatic carbocycles. The summed E-state index contributed by atoms with van der Waals surface area (Å²) in [6.07, 6.45) is 0. The Labute approximate surface area is 165 Å². The van der Waals surface area contributed by atoms with Gasteiger partial charge in [-0.05, 0) is 37.6 Å². The second-order valence-corrected chi connectivity index (χ2v) is 7.70. The minimum absolute atomic E-state index is 0.0169. The summed E-state index contributed by atoms with van der Waals surface area (Å²) < 4.78 is 1.28. The lowest BCUT2D eigenvalue weighted by atomic mass is 10.1. The Bertz CT molecular complexity index is 1210. The van der Waals surface area contributed by atoms with Gasteiger partial charge in [0.1, 0.15) is 5.82 Å². The van der Waals surface area contributed by atoms with Gasteiger partial charge in [0.25, 0.3) is 17.4 Å². The minimum atomic E-state index is -0.603. The van der Waals surface area contributed by atoms with Crippen molar-refractivity contribution in [3.05, 3.63) is 81.1 Å². The molecule has 2 amide bonds. The number of pyridine rings is 1. The van der Waals surface area contributed by atoms with Crippen molar-refractivity contribution in [3.8, 4) is 5.69 Å². The highest BCUT2D eigenvalue weighted by atomic mass is 32.2. The number of amides is 2. The van der Waals surface area contributed by atoms with Crippen molar-refractivity contribution in [1.29, 1.82) is 0 Å². The van der Waals surface area contributed by atoms with Crippen LogP contribution in [0.15, 0.2) is 63.1 Å². The molecule has 140 valence electrons. The molecule has 1 aliphatic heterocycles. The zero-order chi connectivity index (χ0) is 20.0. The molecule has 3 N–H and O–H groups in total. The van der Waals surface area contributed by atoms with Gasteiger partial charge in [-0.2, -0.15) is 0 Å². The number of aromatic nitrogens is 1. The Hall–Kier alpha value is -3.32. The molecule has 3 aromatic rings. The van der Waals surface area contributed by atoms with Gasteiger partial charge in [-0.15, -0.1) is 0 Å². The van der Waals surface area contributed by atoms with Crippen LogP contribution in [-0.2, 0) is 0 Å². The Balaban J connectivity index is 1.88. The average Bonchev–Trinajstić information content (AvgIpc) is 2.92. The number of aryl methyl sites for hydroxylation is 2. The van der Waals surface area contributed by atoms with Crippen molar-refractivity contribution in [2.45, 2.75) is 23.6 Å². The minimum Gasteiger partial charge on any atom is -0.384 e. The quantitative estimate of drug-likeness (QED) is 0.669. The summed E-state index contributed by atoms with van der Waals surface area (Å²) in [5, 5.41) is 2.18. The third-order valence-corrected chi connectivity index (χ3v) is 5.85. The molecule has 0 fully saturated rings. The molecule has 28 heavy (non-hydrogen) atoms. The molecule has 0 saturated carbocycles. The largest absolute Gasteiger partial charge is 0.384 e. The predicted octanol–water partition coefficient (Wildman–Crippen LogP) is 3.07. The van der Waals surface area contributed by atoms with Crippen LogP contribution in [0.3, 0.4) is 0 Å². The smallest absolute Gasteiger partial charge is 0.262 e. The fourth-order valence-electron chi connectivity index (χ4n) is 3.29.